The third-order valence-corrected chi connectivity index (χ3v) is 3.66. The molecule has 0 aliphatic rings. The molecule has 22 heteroatoms. The number of nitrogens with one attached hydrogen (secondary N) is 3. The molecule has 19 nitrogen and oxygen atoms in total. The number of aromatic amines is 1. The molecule has 0 spiro atoms. The monoisotopic (exact) mass is 562 g/mol. The van der Waals surface area contributed by atoms with Crippen LogP contribution in [0.15, 0.2) is 12.5 Å². The number of nitrogens with zero attached hydrogens (tertiary/aromatic N) is 3. The lowest BCUT2D eigenvalue weighted by molar-refractivity contribution is -0.790. The molecule has 0 saturated heterocycles. The van der Waals surface area contributed by atoms with E-state index in [1.54, 1.807) is 0 Å². The molecule has 5 N–H and O–H groups in total. The largest absolute Gasteiger partial charge is 0.490 e. The van der Waals surface area contributed by atoms with Crippen LogP contribution in [-0.4, -0.2) is 98.8 Å². The molecule has 0 fully saturated rings. The van der Waals surface area contributed by atoms with E-state index in [4.69, 9.17) is 19.7 Å². The zero-order chi connectivity index (χ0) is 29.3. The van der Waals surface area contributed by atoms with Crippen molar-refractivity contribution < 1.29 is 67.1 Å². The van der Waals surface area contributed by atoms with E-state index in [9.17, 15) is 47.8 Å². The topological polar surface area (TPSA) is 275 Å². The average molecular weight is 562 g/mol. The van der Waals surface area contributed by atoms with Crippen molar-refractivity contribution in [2.45, 2.75) is 31.2 Å². The van der Waals surface area contributed by atoms with Crippen LogP contribution in [0, 0.1) is 20.2 Å². The molecule has 0 radical (unpaired) electrons. The molecule has 0 aliphatic carbocycles. The molecule has 38 heavy (non-hydrogen) atoms. The van der Waals surface area contributed by atoms with Crippen molar-refractivity contribution in [1.82, 2.24) is 20.6 Å². The molecule has 0 bridgehead atoms. The number of rotatable bonds is 16. The van der Waals surface area contributed by atoms with Gasteiger partial charge >= 0.3 is 18.1 Å². The van der Waals surface area contributed by atoms with E-state index in [0.29, 0.717) is 5.69 Å². The molecular formula is C16H21F3N6O13. The minimum atomic E-state index is -5.08. The third-order valence-electron chi connectivity index (χ3n) is 3.66. The quantitative estimate of drug-likeness (QED) is 0.113. The maximum absolute atomic E-state index is 11.9. The number of ether oxygens (including phenoxy) is 1. The molecule has 0 aliphatic heterocycles. The summed E-state index contributed by atoms with van der Waals surface area (Å²) in [5, 5.41) is 39.0. The van der Waals surface area contributed by atoms with Crippen molar-refractivity contribution in [3.05, 3.63) is 38.4 Å². The Balaban J connectivity index is 0.00000171. The van der Waals surface area contributed by atoms with Crippen molar-refractivity contribution in [2.24, 2.45) is 0 Å². The predicted octanol–water partition coefficient (Wildman–Crippen LogP) is -1.54. The smallest absolute Gasteiger partial charge is 0.480 e. The fraction of sp³-hybridized carbons (Fsp3) is 0.562. The first-order valence-electron chi connectivity index (χ1n) is 9.84. The van der Waals surface area contributed by atoms with Gasteiger partial charge in [0.2, 0.25) is 11.8 Å². The number of amides is 2. The predicted molar refractivity (Wildman–Crippen MR) is 109 cm³/mol. The van der Waals surface area contributed by atoms with Crippen molar-refractivity contribution in [3.8, 4) is 0 Å². The van der Waals surface area contributed by atoms with Gasteiger partial charge in [-0.05, 0) is 0 Å². The Bertz CT molecular complexity index is 944. The maximum atomic E-state index is 11.9. The molecule has 1 aromatic heterocycles. The van der Waals surface area contributed by atoms with Crippen LogP contribution < -0.4 is 10.6 Å². The minimum absolute atomic E-state index is 0.0294. The van der Waals surface area contributed by atoms with Gasteiger partial charge in [-0.1, -0.05) is 0 Å². The molecule has 0 saturated carbocycles. The van der Waals surface area contributed by atoms with Gasteiger partial charge in [-0.25, -0.2) is 14.6 Å². The van der Waals surface area contributed by atoms with E-state index in [1.807, 2.05) is 0 Å². The second kappa shape index (κ2) is 16.8. The lowest BCUT2D eigenvalue weighted by Gasteiger charge is -2.14. The standard InChI is InChI=1S/C14H20N6O11.C2HF3O2/c21-12(18-11(14(23)24)3-9-4-15-8-17-9)1-2-16-13(22)7-29-5-10(31-20(27)28)6-30-19(25)26;3-2(4,5)1(6)7/h4,8,10-11H,1-3,5-7H2,(H,15,17)(H,16,22)(H,18,21)(H,23,24);(H,6,7). The van der Waals surface area contributed by atoms with Crippen molar-refractivity contribution >= 4 is 23.8 Å². The normalized spacial score (nSPS) is 12.1. The summed E-state index contributed by atoms with van der Waals surface area (Å²) in [6.45, 7) is -2.04. The van der Waals surface area contributed by atoms with Gasteiger partial charge in [0.1, 0.15) is 19.3 Å². The Hall–Kier alpha value is -4.76. The second-order valence-corrected chi connectivity index (χ2v) is 6.61. The zero-order valence-corrected chi connectivity index (χ0v) is 18.9. The van der Waals surface area contributed by atoms with E-state index < -0.39 is 72.1 Å². The number of aromatic nitrogens is 2. The summed E-state index contributed by atoms with van der Waals surface area (Å²) < 4.78 is 36.6. The summed E-state index contributed by atoms with van der Waals surface area (Å²) in [6, 6.07) is -1.20. The van der Waals surface area contributed by atoms with Gasteiger partial charge in [-0.2, -0.15) is 13.2 Å². The van der Waals surface area contributed by atoms with E-state index >= 15 is 0 Å². The van der Waals surface area contributed by atoms with E-state index in [1.165, 1.54) is 12.5 Å². The van der Waals surface area contributed by atoms with Gasteiger partial charge < -0.3 is 40.2 Å². The number of imidazole rings is 1. The number of carboxylic acids is 2. The Labute approximate surface area is 208 Å². The number of halogens is 3. The number of carbonyl (C=O) groups excluding carboxylic acids is 2. The fourth-order valence-corrected chi connectivity index (χ4v) is 2.10. The van der Waals surface area contributed by atoms with Crippen LogP contribution in [0.1, 0.15) is 12.1 Å². The number of carboxylic acid groups (broad SMARTS) is 2. The van der Waals surface area contributed by atoms with Crippen LogP contribution in [0.3, 0.4) is 0 Å². The number of H-pyrrole nitrogens is 1. The van der Waals surface area contributed by atoms with Gasteiger partial charge in [-0.15, -0.1) is 20.2 Å². The van der Waals surface area contributed by atoms with Crippen LogP contribution in [0.5, 0.6) is 0 Å². The Kier molecular flexibility index (Phi) is 14.7. The molecule has 1 rings (SSSR count). The lowest BCUT2D eigenvalue weighted by Crippen LogP contribution is -2.43. The van der Waals surface area contributed by atoms with Gasteiger partial charge in [0.05, 0.1) is 18.6 Å². The summed E-state index contributed by atoms with van der Waals surface area (Å²) in [7, 11) is 0. The first-order valence-corrected chi connectivity index (χ1v) is 9.84. The Morgan fingerprint density at radius 1 is 1.11 bits per heavy atom. The van der Waals surface area contributed by atoms with Gasteiger partial charge in [0.15, 0.2) is 6.10 Å². The minimum Gasteiger partial charge on any atom is -0.480 e. The molecule has 2 amide bonds. The van der Waals surface area contributed by atoms with E-state index in [-0.39, 0.29) is 19.4 Å². The zero-order valence-electron chi connectivity index (χ0n) is 18.9. The molecule has 1 heterocycles. The highest BCUT2D eigenvalue weighted by molar-refractivity contribution is 5.84. The number of alkyl halides is 3. The number of hydrogen-bond donors (Lipinski definition) is 5. The molecule has 0 aromatic carbocycles. The van der Waals surface area contributed by atoms with E-state index in [2.05, 4.69) is 30.3 Å². The molecule has 2 unspecified atom stereocenters. The number of carbonyl (C=O) groups is 4. The molecule has 1 aromatic rings. The number of hydrogen-bond acceptors (Lipinski definition) is 12. The van der Waals surface area contributed by atoms with E-state index in [0.717, 1.165) is 0 Å². The highest BCUT2D eigenvalue weighted by atomic mass is 19.4. The third kappa shape index (κ3) is 16.8. The summed E-state index contributed by atoms with van der Waals surface area (Å²) >= 11 is 0. The Morgan fingerprint density at radius 2 is 1.74 bits per heavy atom. The van der Waals surface area contributed by atoms with Crippen molar-refractivity contribution in [1.29, 1.82) is 0 Å². The first-order chi connectivity index (χ1) is 17.6. The second-order valence-electron chi connectivity index (χ2n) is 6.61. The van der Waals surface area contributed by atoms with Crippen LogP contribution in [-0.2, 0) is 40.0 Å². The fourth-order valence-electron chi connectivity index (χ4n) is 2.10. The molecule has 2 atom stereocenters. The van der Waals surface area contributed by atoms with Crippen LogP contribution in [0.2, 0.25) is 0 Å². The van der Waals surface area contributed by atoms with Crippen LogP contribution in [0.25, 0.3) is 0 Å². The van der Waals surface area contributed by atoms with Gasteiger partial charge in [-0.3, -0.25) is 9.59 Å². The summed E-state index contributed by atoms with van der Waals surface area (Å²) in [4.78, 5) is 78.7. The van der Waals surface area contributed by atoms with Gasteiger partial charge in [0.25, 0.3) is 10.2 Å². The highest BCUT2D eigenvalue weighted by Gasteiger charge is 2.38. The summed E-state index contributed by atoms with van der Waals surface area (Å²) in [6.07, 6.45) is -3.90. The van der Waals surface area contributed by atoms with Gasteiger partial charge in [0, 0.05) is 25.6 Å². The highest BCUT2D eigenvalue weighted by Crippen LogP contribution is 2.13. The van der Waals surface area contributed by atoms with Crippen molar-refractivity contribution in [3.63, 3.8) is 0 Å². The summed E-state index contributed by atoms with van der Waals surface area (Å²) in [5.41, 5.74) is 0.445. The van der Waals surface area contributed by atoms with Crippen molar-refractivity contribution in [2.75, 3.05) is 26.4 Å². The van der Waals surface area contributed by atoms with Crippen LogP contribution in [0.4, 0.5) is 13.2 Å². The SMILES string of the molecule is O=C(COCC(CO[N+](=O)[O-])O[N+](=O)[O-])NCCC(=O)NC(Cc1c[nH]cn1)C(=O)O.O=C(O)C(F)(F)F. The van der Waals surface area contributed by atoms with Crippen LogP contribution >= 0.6 is 0 Å². The lowest BCUT2D eigenvalue weighted by atomic mass is 10.1. The number of aliphatic carboxylic acids is 2. The Morgan fingerprint density at radius 3 is 2.21 bits per heavy atom. The summed E-state index contributed by atoms with van der Waals surface area (Å²) in [5.74, 6) is -5.32. The average Bonchev–Trinajstić information content (AvgIpc) is 3.29. The molecule has 214 valence electrons. The maximum Gasteiger partial charge on any atom is 0.490 e. The molecular weight excluding hydrogens is 541 g/mol. The first kappa shape index (κ1) is 33.2.